The molecule has 4 aromatic rings. The van der Waals surface area contributed by atoms with E-state index < -0.39 is 12.1 Å². The van der Waals surface area contributed by atoms with Gasteiger partial charge in [-0.25, -0.2) is 9.78 Å². The molecule has 2 amide bonds. The molecule has 1 aromatic heterocycles. The van der Waals surface area contributed by atoms with E-state index in [4.69, 9.17) is 21.3 Å². The van der Waals surface area contributed by atoms with Gasteiger partial charge in [0.25, 0.3) is 0 Å². The molecule has 2 heterocycles. The number of Topliss-reactive ketones (excluding diaryl/α,β-unsaturated/α-hetero) is 1. The van der Waals surface area contributed by atoms with Crippen LogP contribution in [0.25, 0.3) is 22.2 Å². The lowest BCUT2D eigenvalue weighted by Crippen LogP contribution is -2.37. The molecule has 45 heavy (non-hydrogen) atoms. The van der Waals surface area contributed by atoms with E-state index in [9.17, 15) is 19.2 Å². The molecule has 3 aromatic carbocycles. The van der Waals surface area contributed by atoms with Crippen LogP contribution in [0.1, 0.15) is 39.6 Å². The fourth-order valence-corrected chi connectivity index (χ4v) is 9.17. The van der Waals surface area contributed by atoms with E-state index in [2.05, 4.69) is 31.9 Å². The second-order valence-electron chi connectivity index (χ2n) is 12.1. The maximum atomic E-state index is 13.5. The van der Waals surface area contributed by atoms with Gasteiger partial charge in [0.15, 0.2) is 6.10 Å². The van der Waals surface area contributed by atoms with E-state index in [0.29, 0.717) is 38.4 Å². The smallest absolute Gasteiger partial charge is 0.339 e. The first-order valence-corrected chi connectivity index (χ1v) is 16.9. The number of aromatic nitrogens is 1. The Hall–Kier alpha value is -3.40. The monoisotopic (exact) mass is 748 g/mol. The summed E-state index contributed by atoms with van der Waals surface area (Å²) in [5.74, 6) is -1.59. The molecule has 2 bridgehead atoms. The van der Waals surface area contributed by atoms with Gasteiger partial charge in [-0.05, 0) is 86.7 Å². The summed E-state index contributed by atoms with van der Waals surface area (Å²) in [5.41, 5.74) is 3.93. The van der Waals surface area contributed by atoms with E-state index >= 15 is 0 Å². The minimum absolute atomic E-state index is 0.137. The number of amides is 2. The number of benzene rings is 3. The second kappa shape index (κ2) is 11.4. The predicted molar refractivity (Wildman–Crippen MR) is 179 cm³/mol. The number of ketones is 1. The van der Waals surface area contributed by atoms with Gasteiger partial charge in [0.05, 0.1) is 34.3 Å². The summed E-state index contributed by atoms with van der Waals surface area (Å²) in [4.78, 5) is 60.0. The van der Waals surface area contributed by atoms with Crippen molar-refractivity contribution in [1.82, 2.24) is 4.98 Å². The van der Waals surface area contributed by atoms with Gasteiger partial charge in [0.2, 0.25) is 17.6 Å². The van der Waals surface area contributed by atoms with Crippen LogP contribution in [0.2, 0.25) is 5.02 Å². The Morgan fingerprint density at radius 3 is 2.16 bits per heavy atom. The van der Waals surface area contributed by atoms with Gasteiger partial charge in [0, 0.05) is 31.2 Å². The van der Waals surface area contributed by atoms with Gasteiger partial charge in [-0.2, -0.15) is 0 Å². The minimum atomic E-state index is -1.03. The second-order valence-corrected chi connectivity index (χ2v) is 14.6. The summed E-state index contributed by atoms with van der Waals surface area (Å²) in [7, 11) is 0. The fourth-order valence-electron chi connectivity index (χ4n) is 7.17. The number of fused-ring (bicyclic) bond motifs is 6. The molecule has 10 heteroatoms. The van der Waals surface area contributed by atoms with Crippen LogP contribution < -0.4 is 4.90 Å². The fraction of sp³-hybridized carbons (Fsp3) is 0.286. The van der Waals surface area contributed by atoms with Gasteiger partial charge >= 0.3 is 5.97 Å². The number of esters is 1. The molecule has 2 saturated carbocycles. The molecule has 7 nitrogen and oxygen atoms in total. The van der Waals surface area contributed by atoms with Gasteiger partial charge in [0.1, 0.15) is 0 Å². The van der Waals surface area contributed by atoms with E-state index in [-0.39, 0.29) is 56.5 Å². The van der Waals surface area contributed by atoms with Gasteiger partial charge < -0.3 is 4.74 Å². The number of halogens is 3. The Labute approximate surface area is 281 Å². The number of aryl methyl sites for hydroxylation is 1. The summed E-state index contributed by atoms with van der Waals surface area (Å²) < 4.78 is 5.67. The first kappa shape index (κ1) is 30.3. The molecular formula is C35H27Br2ClN2O5. The number of imide groups is 1. The Bertz CT molecular complexity index is 1870. The quantitative estimate of drug-likeness (QED) is 0.0874. The van der Waals surface area contributed by atoms with Crippen LogP contribution in [0.4, 0.5) is 5.69 Å². The van der Waals surface area contributed by atoms with Crippen molar-refractivity contribution in [1.29, 1.82) is 0 Å². The van der Waals surface area contributed by atoms with Gasteiger partial charge in [-0.3, -0.25) is 19.3 Å². The molecule has 228 valence electrons. The lowest BCUT2D eigenvalue weighted by atomic mass is 9.81. The predicted octanol–water partition coefficient (Wildman–Crippen LogP) is 7.57. The number of pyridine rings is 1. The highest BCUT2D eigenvalue weighted by Crippen LogP contribution is 2.60. The topological polar surface area (TPSA) is 93.6 Å². The standard InChI is InChI=1S/C35H27Br2ClN2O5/c1-16-3-12-26-22(13-16)23(35(44)45-17(2)32(41)19-4-8-20(38)9-5-19)15-27(39-26)18-6-10-21(11-7-18)40-33(42)28-24-14-25(29(28)34(40)43)31(37)30(24)36/h3-13,15,17,24-25,28-31H,14H2,1-2H3. The van der Waals surface area contributed by atoms with Crippen molar-refractivity contribution < 1.29 is 23.9 Å². The van der Waals surface area contributed by atoms with Crippen LogP contribution in [0.3, 0.4) is 0 Å². The van der Waals surface area contributed by atoms with Crippen LogP contribution in [-0.2, 0) is 14.3 Å². The highest BCUT2D eigenvalue weighted by Gasteiger charge is 2.66. The summed E-state index contributed by atoms with van der Waals surface area (Å²) >= 11 is 13.4. The largest absolute Gasteiger partial charge is 0.451 e. The van der Waals surface area contributed by atoms with E-state index in [1.165, 1.54) is 4.90 Å². The van der Waals surface area contributed by atoms with E-state index in [1.807, 2.05) is 25.1 Å². The first-order chi connectivity index (χ1) is 21.5. The molecular weight excluding hydrogens is 724 g/mol. The average molecular weight is 751 g/mol. The summed E-state index contributed by atoms with van der Waals surface area (Å²) in [5, 5.41) is 1.11. The Morgan fingerprint density at radius 2 is 1.53 bits per heavy atom. The summed E-state index contributed by atoms with van der Waals surface area (Å²) in [6.07, 6.45) is -0.156. The Morgan fingerprint density at radius 1 is 0.911 bits per heavy atom. The molecule has 0 N–H and O–H groups in total. The zero-order valence-electron chi connectivity index (χ0n) is 24.2. The molecule has 3 fully saturated rings. The zero-order valence-corrected chi connectivity index (χ0v) is 28.2. The Balaban J connectivity index is 1.17. The normalized spacial score (nSPS) is 25.9. The molecule has 7 atom stereocenters. The van der Waals surface area contributed by atoms with Crippen LogP contribution in [0.15, 0.2) is 72.8 Å². The maximum Gasteiger partial charge on any atom is 0.339 e. The minimum Gasteiger partial charge on any atom is -0.451 e. The number of hydrogen-bond acceptors (Lipinski definition) is 6. The number of ether oxygens (including phenoxy) is 1. The number of alkyl halides is 2. The third-order valence-corrected chi connectivity index (χ3v) is 12.8. The number of hydrogen-bond donors (Lipinski definition) is 0. The molecule has 2 aliphatic carbocycles. The highest BCUT2D eigenvalue weighted by atomic mass is 79.9. The zero-order chi connectivity index (χ0) is 31.7. The molecule has 1 aliphatic heterocycles. The van der Waals surface area contributed by atoms with Crippen LogP contribution in [-0.4, -0.2) is 44.3 Å². The summed E-state index contributed by atoms with van der Waals surface area (Å²) in [6.45, 7) is 3.46. The maximum absolute atomic E-state index is 13.5. The van der Waals surface area contributed by atoms with Crippen LogP contribution >= 0.6 is 43.5 Å². The van der Waals surface area contributed by atoms with E-state index in [1.54, 1.807) is 61.5 Å². The number of carbonyl (C=O) groups is 4. The van der Waals surface area contributed by atoms with Crippen molar-refractivity contribution >= 4 is 83.6 Å². The first-order valence-electron chi connectivity index (χ1n) is 14.7. The molecule has 3 aliphatic rings. The molecule has 7 unspecified atom stereocenters. The van der Waals surface area contributed by atoms with Crippen molar-refractivity contribution in [3.8, 4) is 11.3 Å². The lowest BCUT2D eigenvalue weighted by Gasteiger charge is -2.28. The van der Waals surface area contributed by atoms with Crippen molar-refractivity contribution in [2.24, 2.45) is 23.7 Å². The molecule has 0 spiro atoms. The number of carbonyl (C=O) groups excluding carboxylic acids is 4. The van der Waals surface area contributed by atoms with E-state index in [0.717, 1.165) is 12.0 Å². The molecule has 0 radical (unpaired) electrons. The van der Waals surface area contributed by atoms with Gasteiger partial charge in [-0.15, -0.1) is 0 Å². The number of anilines is 1. The number of nitrogens with zero attached hydrogens (tertiary/aromatic N) is 2. The average Bonchev–Trinajstić information content (AvgIpc) is 3.65. The SMILES string of the molecule is Cc1ccc2nc(-c3ccc(N4C(=O)C5C6CC(C(Br)C6Br)C5C4=O)cc3)cc(C(=O)OC(C)C(=O)c3ccc(Cl)cc3)c2c1. The lowest BCUT2D eigenvalue weighted by molar-refractivity contribution is -0.123. The van der Waals surface area contributed by atoms with Crippen LogP contribution in [0.5, 0.6) is 0 Å². The Kier molecular flexibility index (Phi) is 7.69. The third-order valence-electron chi connectivity index (χ3n) is 9.37. The van der Waals surface area contributed by atoms with Crippen molar-refractivity contribution in [3.63, 3.8) is 0 Å². The molecule has 7 rings (SSSR count). The van der Waals surface area contributed by atoms with Crippen LogP contribution in [0, 0.1) is 30.6 Å². The van der Waals surface area contributed by atoms with Crippen molar-refractivity contribution in [2.45, 2.75) is 36.0 Å². The third kappa shape index (κ3) is 5.04. The number of rotatable bonds is 6. The van der Waals surface area contributed by atoms with Crippen molar-refractivity contribution in [2.75, 3.05) is 4.90 Å². The highest BCUT2D eigenvalue weighted by molar-refractivity contribution is 9.12. The van der Waals surface area contributed by atoms with Crippen molar-refractivity contribution in [3.05, 3.63) is 94.5 Å². The molecule has 1 saturated heterocycles. The van der Waals surface area contributed by atoms with Gasteiger partial charge in [-0.1, -0.05) is 67.2 Å². The summed E-state index contributed by atoms with van der Waals surface area (Å²) in [6, 6.07) is 20.8.